The number of nitrogens with zero attached hydrogens (tertiary/aromatic N) is 4. The average Bonchev–Trinajstić information content (AvgIpc) is 2.61. The third-order valence-electron chi connectivity index (χ3n) is 1.73. The van der Waals surface area contributed by atoms with Gasteiger partial charge in [-0.15, -0.1) is 0 Å². The van der Waals surface area contributed by atoms with Crippen LogP contribution in [0.2, 0.25) is 0 Å². The Bertz CT molecular complexity index is 331. The first-order valence-electron chi connectivity index (χ1n) is 4.64. The van der Waals surface area contributed by atoms with E-state index in [0.29, 0.717) is 5.88 Å². The van der Waals surface area contributed by atoms with Gasteiger partial charge in [-0.1, -0.05) is 11.8 Å². The molecule has 0 fully saturated rings. The average molecular weight is 228 g/mol. The molecule has 0 atom stereocenters. The lowest BCUT2D eigenvalue weighted by Crippen LogP contribution is -2.24. The van der Waals surface area contributed by atoms with Gasteiger partial charge in [-0.05, 0) is 20.8 Å². The normalized spacial score (nSPS) is 11.5. The van der Waals surface area contributed by atoms with Crippen LogP contribution < -0.4 is 0 Å². The van der Waals surface area contributed by atoms with Crippen LogP contribution in [0, 0.1) is 0 Å². The zero-order chi connectivity index (χ0) is 11.5. The van der Waals surface area contributed by atoms with E-state index in [9.17, 15) is 4.79 Å². The maximum absolute atomic E-state index is 10.4. The molecule has 0 aliphatic carbocycles. The van der Waals surface area contributed by atoms with Gasteiger partial charge in [-0.2, -0.15) is 5.10 Å². The SMILES string of the molecule is CN(C=O)CSc1ncnn1C(C)(C)C. The van der Waals surface area contributed by atoms with Gasteiger partial charge in [-0.25, -0.2) is 9.67 Å². The van der Waals surface area contributed by atoms with Crippen LogP contribution in [0.3, 0.4) is 0 Å². The van der Waals surface area contributed by atoms with Gasteiger partial charge < -0.3 is 4.90 Å². The van der Waals surface area contributed by atoms with Gasteiger partial charge in [0.25, 0.3) is 0 Å². The summed E-state index contributed by atoms with van der Waals surface area (Å²) in [5, 5.41) is 5.00. The van der Waals surface area contributed by atoms with E-state index in [-0.39, 0.29) is 5.54 Å². The highest BCUT2D eigenvalue weighted by molar-refractivity contribution is 7.99. The zero-order valence-corrected chi connectivity index (χ0v) is 10.3. The Hall–Kier alpha value is -1.04. The summed E-state index contributed by atoms with van der Waals surface area (Å²) < 4.78 is 1.86. The molecule has 0 radical (unpaired) electrons. The van der Waals surface area contributed by atoms with E-state index in [0.717, 1.165) is 11.6 Å². The van der Waals surface area contributed by atoms with Gasteiger partial charge in [0.05, 0.1) is 11.4 Å². The Kier molecular flexibility index (Phi) is 3.73. The summed E-state index contributed by atoms with van der Waals surface area (Å²) in [5.74, 6) is 0.582. The van der Waals surface area contributed by atoms with Crippen molar-refractivity contribution in [3.8, 4) is 0 Å². The molecular formula is C9H16N4OS. The van der Waals surface area contributed by atoms with E-state index < -0.39 is 0 Å². The van der Waals surface area contributed by atoms with E-state index in [1.165, 1.54) is 18.1 Å². The second-order valence-electron chi connectivity index (χ2n) is 4.26. The molecule has 84 valence electrons. The minimum atomic E-state index is -0.0847. The molecule has 1 aromatic rings. The van der Waals surface area contributed by atoms with Crippen LogP contribution in [-0.4, -0.2) is 39.0 Å². The topological polar surface area (TPSA) is 51.0 Å². The van der Waals surface area contributed by atoms with Crippen LogP contribution in [-0.2, 0) is 10.3 Å². The highest BCUT2D eigenvalue weighted by atomic mass is 32.2. The first kappa shape index (κ1) is 12.0. The lowest BCUT2D eigenvalue weighted by molar-refractivity contribution is -0.116. The first-order chi connectivity index (χ1) is 6.95. The van der Waals surface area contributed by atoms with Crippen molar-refractivity contribution in [2.45, 2.75) is 31.5 Å². The molecule has 0 N–H and O–H groups in total. The largest absolute Gasteiger partial charge is 0.339 e. The minimum Gasteiger partial charge on any atom is -0.339 e. The Labute approximate surface area is 93.9 Å². The van der Waals surface area contributed by atoms with Crippen LogP contribution in [0.1, 0.15) is 20.8 Å². The lowest BCUT2D eigenvalue weighted by Gasteiger charge is -2.21. The van der Waals surface area contributed by atoms with Crippen LogP contribution in [0.15, 0.2) is 11.5 Å². The van der Waals surface area contributed by atoms with Gasteiger partial charge in [0.2, 0.25) is 6.41 Å². The highest BCUT2D eigenvalue weighted by Crippen LogP contribution is 2.21. The molecule has 1 aromatic heterocycles. The number of amides is 1. The number of hydrogen-bond acceptors (Lipinski definition) is 4. The number of rotatable bonds is 4. The van der Waals surface area contributed by atoms with Crippen molar-refractivity contribution in [2.75, 3.05) is 12.9 Å². The highest BCUT2D eigenvalue weighted by Gasteiger charge is 2.18. The molecule has 15 heavy (non-hydrogen) atoms. The second kappa shape index (κ2) is 4.65. The smallest absolute Gasteiger partial charge is 0.210 e. The van der Waals surface area contributed by atoms with Crippen molar-refractivity contribution in [1.29, 1.82) is 0 Å². The fraction of sp³-hybridized carbons (Fsp3) is 0.667. The number of carbonyl (C=O) groups excluding carboxylic acids is 1. The third kappa shape index (κ3) is 3.23. The summed E-state index contributed by atoms with van der Waals surface area (Å²) in [6.45, 7) is 6.19. The molecule has 1 heterocycles. The van der Waals surface area contributed by atoms with Gasteiger partial charge in [0.1, 0.15) is 6.33 Å². The summed E-state index contributed by atoms with van der Waals surface area (Å²) in [4.78, 5) is 16.1. The summed E-state index contributed by atoms with van der Waals surface area (Å²) in [5.41, 5.74) is -0.0847. The standard InChI is InChI=1S/C9H16N4OS/c1-9(2,3)13-8(10-5-11-13)15-7-12(4)6-14/h5-6H,7H2,1-4H3. The maximum Gasteiger partial charge on any atom is 0.210 e. The van der Waals surface area contributed by atoms with Crippen molar-refractivity contribution in [1.82, 2.24) is 19.7 Å². The third-order valence-corrected chi connectivity index (χ3v) is 2.80. The Morgan fingerprint density at radius 3 is 2.80 bits per heavy atom. The van der Waals surface area contributed by atoms with E-state index in [2.05, 4.69) is 30.9 Å². The van der Waals surface area contributed by atoms with Crippen molar-refractivity contribution in [3.63, 3.8) is 0 Å². The maximum atomic E-state index is 10.4. The fourth-order valence-electron chi connectivity index (χ4n) is 0.979. The predicted octanol–water partition coefficient (Wildman–Crippen LogP) is 1.17. The monoisotopic (exact) mass is 228 g/mol. The molecule has 0 spiro atoms. The molecule has 0 saturated heterocycles. The molecule has 0 aliphatic heterocycles. The first-order valence-corrected chi connectivity index (χ1v) is 5.62. The quantitative estimate of drug-likeness (QED) is 0.441. The van der Waals surface area contributed by atoms with Crippen molar-refractivity contribution >= 4 is 18.2 Å². The molecule has 6 heteroatoms. The minimum absolute atomic E-state index is 0.0847. The molecule has 0 aliphatic rings. The summed E-state index contributed by atoms with van der Waals surface area (Å²) in [6, 6.07) is 0. The second-order valence-corrected chi connectivity index (χ2v) is 5.17. The Morgan fingerprint density at radius 2 is 2.27 bits per heavy atom. The Morgan fingerprint density at radius 1 is 1.60 bits per heavy atom. The number of carbonyl (C=O) groups is 1. The van der Waals surface area contributed by atoms with E-state index in [1.807, 2.05) is 4.68 Å². The molecule has 1 amide bonds. The van der Waals surface area contributed by atoms with Crippen molar-refractivity contribution in [3.05, 3.63) is 6.33 Å². The van der Waals surface area contributed by atoms with Crippen molar-refractivity contribution in [2.24, 2.45) is 0 Å². The zero-order valence-electron chi connectivity index (χ0n) is 9.47. The van der Waals surface area contributed by atoms with Crippen LogP contribution in [0.5, 0.6) is 0 Å². The van der Waals surface area contributed by atoms with Gasteiger partial charge in [-0.3, -0.25) is 4.79 Å². The predicted molar refractivity (Wildman–Crippen MR) is 59.6 cm³/mol. The van der Waals surface area contributed by atoms with Crippen LogP contribution >= 0.6 is 11.8 Å². The molecule has 0 saturated carbocycles. The van der Waals surface area contributed by atoms with Crippen LogP contribution in [0.4, 0.5) is 0 Å². The van der Waals surface area contributed by atoms with Gasteiger partial charge in [0.15, 0.2) is 5.16 Å². The Balaban J connectivity index is 2.70. The molecule has 0 aromatic carbocycles. The lowest BCUT2D eigenvalue weighted by atomic mass is 10.1. The molecular weight excluding hydrogens is 212 g/mol. The van der Waals surface area contributed by atoms with Gasteiger partial charge >= 0.3 is 0 Å². The summed E-state index contributed by atoms with van der Waals surface area (Å²) in [7, 11) is 1.73. The molecule has 5 nitrogen and oxygen atoms in total. The summed E-state index contributed by atoms with van der Waals surface area (Å²) >= 11 is 1.50. The fourth-order valence-corrected chi connectivity index (χ4v) is 1.92. The van der Waals surface area contributed by atoms with E-state index in [4.69, 9.17) is 0 Å². The molecule has 0 bridgehead atoms. The van der Waals surface area contributed by atoms with Crippen molar-refractivity contribution < 1.29 is 4.79 Å². The van der Waals surface area contributed by atoms with E-state index in [1.54, 1.807) is 11.9 Å². The number of thioether (sulfide) groups is 1. The summed E-state index contributed by atoms with van der Waals surface area (Å²) in [6.07, 6.45) is 2.33. The molecule has 0 unspecified atom stereocenters. The van der Waals surface area contributed by atoms with E-state index >= 15 is 0 Å². The van der Waals surface area contributed by atoms with Crippen LogP contribution in [0.25, 0.3) is 0 Å². The molecule has 1 rings (SSSR count). The van der Waals surface area contributed by atoms with Gasteiger partial charge in [0, 0.05) is 7.05 Å². The number of aromatic nitrogens is 3. The number of hydrogen-bond donors (Lipinski definition) is 0.